The highest BCUT2D eigenvalue weighted by Crippen LogP contribution is 2.26. The molecule has 1 saturated heterocycles. The largest absolute Gasteiger partial charge is 0.519 e. The molecule has 2 rings (SSSR count). The Morgan fingerprint density at radius 3 is 2.47 bits per heavy atom. The molecule has 0 spiro atoms. The van der Waals surface area contributed by atoms with Gasteiger partial charge in [-0.3, -0.25) is 4.90 Å². The van der Waals surface area contributed by atoms with Crippen molar-refractivity contribution < 1.29 is 8.83 Å². The third-order valence-corrected chi connectivity index (χ3v) is 2.90. The van der Waals surface area contributed by atoms with Crippen molar-refractivity contribution in [2.45, 2.75) is 32.7 Å². The molecule has 1 aliphatic rings. The molecule has 1 aromatic heterocycles. The van der Waals surface area contributed by atoms with E-state index in [0.29, 0.717) is 18.1 Å². The summed E-state index contributed by atoms with van der Waals surface area (Å²) in [6.07, 6.45) is 0. The van der Waals surface area contributed by atoms with Crippen LogP contribution in [0.1, 0.15) is 32.3 Å². The second-order valence-corrected chi connectivity index (χ2v) is 5.48. The highest BCUT2D eigenvalue weighted by Gasteiger charge is 2.27. The minimum absolute atomic E-state index is 0.199. The van der Waals surface area contributed by atoms with Gasteiger partial charge in [-0.25, -0.2) is 4.79 Å². The van der Waals surface area contributed by atoms with Gasteiger partial charge in [-0.15, -0.1) is 0 Å². The molecule has 0 aromatic carbocycles. The first-order valence-electron chi connectivity index (χ1n) is 6.03. The summed E-state index contributed by atoms with van der Waals surface area (Å²) in [5.74, 6) is 0.741. The number of nitrogens with one attached hydrogen (secondary N) is 1. The molecule has 5 nitrogen and oxygen atoms in total. The lowest BCUT2D eigenvalue weighted by Crippen LogP contribution is -2.43. The monoisotopic (exact) mass is 240 g/mol. The van der Waals surface area contributed by atoms with Gasteiger partial charge in [0.25, 0.3) is 0 Å². The lowest BCUT2D eigenvalue weighted by atomic mass is 9.92. The molecule has 5 heteroatoms. The number of nitrogens with zero attached hydrogens (tertiary/aromatic N) is 1. The van der Waals surface area contributed by atoms with E-state index >= 15 is 0 Å². The zero-order valence-electron chi connectivity index (χ0n) is 10.7. The van der Waals surface area contributed by atoms with Crippen molar-refractivity contribution in [3.8, 4) is 0 Å². The molecule has 1 aromatic rings. The van der Waals surface area contributed by atoms with Crippen LogP contribution < -0.4 is 11.1 Å². The van der Waals surface area contributed by atoms with E-state index in [-0.39, 0.29) is 5.41 Å². The van der Waals surface area contributed by atoms with Gasteiger partial charge in [-0.1, -0.05) is 20.8 Å². The molecular weight excluding hydrogens is 220 g/mol. The van der Waals surface area contributed by atoms with Crippen LogP contribution in [0.4, 0.5) is 0 Å². The predicted octanol–water partition coefficient (Wildman–Crippen LogP) is 0.935. The van der Waals surface area contributed by atoms with Crippen LogP contribution in [0.5, 0.6) is 0 Å². The van der Waals surface area contributed by atoms with E-state index in [0.717, 1.165) is 26.2 Å². The molecule has 2 heterocycles. The van der Waals surface area contributed by atoms with E-state index in [1.165, 1.54) is 0 Å². The average Bonchev–Trinajstić information content (AvgIpc) is 2.60. The van der Waals surface area contributed by atoms with Gasteiger partial charge in [0.15, 0.2) is 11.5 Å². The molecule has 17 heavy (non-hydrogen) atoms. The summed E-state index contributed by atoms with van der Waals surface area (Å²) in [7, 11) is 0. The summed E-state index contributed by atoms with van der Waals surface area (Å²) in [6.45, 7) is 10.6. The molecule has 0 saturated carbocycles. The minimum Gasteiger partial charge on any atom is -0.395 e. The Morgan fingerprint density at radius 2 is 1.88 bits per heavy atom. The standard InChI is InChI=1S/C12H20N2O3/c1-12(2,3)10-9(16-11(15)17-10)8-14-6-4-13-5-7-14/h13H,4-8H2,1-3H3. The molecule has 0 atom stereocenters. The van der Waals surface area contributed by atoms with Crippen LogP contribution in [0, 0.1) is 0 Å². The molecule has 0 aliphatic carbocycles. The highest BCUT2D eigenvalue weighted by molar-refractivity contribution is 5.13. The summed E-state index contributed by atoms with van der Waals surface area (Å²) < 4.78 is 10.3. The fourth-order valence-electron chi connectivity index (χ4n) is 2.06. The van der Waals surface area contributed by atoms with E-state index in [4.69, 9.17) is 8.83 Å². The van der Waals surface area contributed by atoms with Crippen LogP contribution in [0.2, 0.25) is 0 Å². The molecule has 0 bridgehead atoms. The topological polar surface area (TPSA) is 58.6 Å². The molecule has 1 aliphatic heterocycles. The summed E-state index contributed by atoms with van der Waals surface area (Å²) in [5, 5.41) is 3.29. The van der Waals surface area contributed by atoms with Gasteiger partial charge in [0, 0.05) is 31.6 Å². The summed E-state index contributed by atoms with van der Waals surface area (Å²) in [6, 6.07) is 0. The van der Waals surface area contributed by atoms with Crippen molar-refractivity contribution in [2.24, 2.45) is 0 Å². The van der Waals surface area contributed by atoms with E-state index in [1.807, 2.05) is 20.8 Å². The van der Waals surface area contributed by atoms with Crippen LogP contribution in [-0.2, 0) is 12.0 Å². The van der Waals surface area contributed by atoms with Gasteiger partial charge in [0.1, 0.15) is 0 Å². The van der Waals surface area contributed by atoms with E-state index < -0.39 is 5.82 Å². The molecule has 0 unspecified atom stereocenters. The molecule has 0 radical (unpaired) electrons. The summed E-state index contributed by atoms with van der Waals surface area (Å²) >= 11 is 0. The Hall–Kier alpha value is -1.07. The predicted molar refractivity (Wildman–Crippen MR) is 64.1 cm³/mol. The van der Waals surface area contributed by atoms with E-state index in [9.17, 15) is 4.79 Å². The second kappa shape index (κ2) is 4.66. The van der Waals surface area contributed by atoms with Crippen molar-refractivity contribution in [1.82, 2.24) is 10.2 Å². The van der Waals surface area contributed by atoms with Crippen molar-refractivity contribution in [3.63, 3.8) is 0 Å². The smallest absolute Gasteiger partial charge is 0.395 e. The first-order chi connectivity index (χ1) is 7.97. The fourth-order valence-corrected chi connectivity index (χ4v) is 2.06. The van der Waals surface area contributed by atoms with Gasteiger partial charge in [0.05, 0.1) is 6.54 Å². The third-order valence-electron chi connectivity index (χ3n) is 2.90. The Kier molecular flexibility index (Phi) is 3.40. The minimum atomic E-state index is -0.597. The maximum absolute atomic E-state index is 11.2. The van der Waals surface area contributed by atoms with Crippen molar-refractivity contribution >= 4 is 0 Å². The molecule has 96 valence electrons. The number of rotatable bonds is 2. The molecule has 1 N–H and O–H groups in total. The van der Waals surface area contributed by atoms with Crippen LogP contribution in [0.15, 0.2) is 13.6 Å². The normalized spacial score (nSPS) is 18.5. The van der Waals surface area contributed by atoms with Crippen molar-refractivity contribution in [3.05, 3.63) is 22.1 Å². The van der Waals surface area contributed by atoms with Gasteiger partial charge in [0.2, 0.25) is 0 Å². The number of hydrogen-bond acceptors (Lipinski definition) is 5. The first kappa shape index (κ1) is 12.4. The first-order valence-corrected chi connectivity index (χ1v) is 6.03. The van der Waals surface area contributed by atoms with Crippen LogP contribution in [0.3, 0.4) is 0 Å². The second-order valence-electron chi connectivity index (χ2n) is 5.48. The van der Waals surface area contributed by atoms with Gasteiger partial charge >= 0.3 is 5.82 Å². The van der Waals surface area contributed by atoms with Crippen molar-refractivity contribution in [1.29, 1.82) is 0 Å². The fraction of sp³-hybridized carbons (Fsp3) is 0.750. The van der Waals surface area contributed by atoms with Crippen molar-refractivity contribution in [2.75, 3.05) is 26.2 Å². The Labute approximate surface area is 101 Å². The Balaban J connectivity index is 2.17. The lowest BCUT2D eigenvalue weighted by Gasteiger charge is -2.27. The summed E-state index contributed by atoms with van der Waals surface area (Å²) in [5.41, 5.74) is -0.199. The number of piperazine rings is 1. The highest BCUT2D eigenvalue weighted by atomic mass is 16.6. The Morgan fingerprint density at radius 1 is 1.24 bits per heavy atom. The maximum Gasteiger partial charge on any atom is 0.519 e. The zero-order valence-corrected chi connectivity index (χ0v) is 10.7. The molecular formula is C12H20N2O3. The molecule has 0 amide bonds. The van der Waals surface area contributed by atoms with Crippen LogP contribution in [-0.4, -0.2) is 31.1 Å². The van der Waals surface area contributed by atoms with E-state index in [2.05, 4.69) is 10.2 Å². The molecule has 1 fully saturated rings. The Bertz CT molecular complexity index is 422. The van der Waals surface area contributed by atoms with Gasteiger partial charge in [-0.05, 0) is 0 Å². The zero-order chi connectivity index (χ0) is 12.5. The number of hydrogen-bond donors (Lipinski definition) is 1. The quantitative estimate of drug-likeness (QED) is 0.833. The SMILES string of the molecule is CC(C)(C)c1oc(=O)oc1CN1CCNCC1. The summed E-state index contributed by atoms with van der Waals surface area (Å²) in [4.78, 5) is 13.5. The van der Waals surface area contributed by atoms with Crippen LogP contribution >= 0.6 is 0 Å². The maximum atomic E-state index is 11.2. The van der Waals surface area contributed by atoms with Gasteiger partial charge in [-0.2, -0.15) is 0 Å². The van der Waals surface area contributed by atoms with E-state index in [1.54, 1.807) is 0 Å². The average molecular weight is 240 g/mol. The van der Waals surface area contributed by atoms with Gasteiger partial charge < -0.3 is 14.2 Å². The van der Waals surface area contributed by atoms with Crippen LogP contribution in [0.25, 0.3) is 0 Å². The lowest BCUT2D eigenvalue weighted by molar-refractivity contribution is 0.212. The third kappa shape index (κ3) is 2.98.